The third-order valence-electron chi connectivity index (χ3n) is 10.6. The molecular weight excluding hydrogens is 472 g/mol. The van der Waals surface area contributed by atoms with Gasteiger partial charge < -0.3 is 4.40 Å². The monoisotopic (exact) mass is 507 g/mol. The molecule has 3 aromatic heterocycles. The van der Waals surface area contributed by atoms with Crippen LogP contribution in [0.5, 0.6) is 0 Å². The number of fused-ring (bicyclic) bond motifs is 7. The van der Waals surface area contributed by atoms with Crippen LogP contribution in [0.1, 0.15) is 79.9 Å². The molecule has 3 heterocycles. The van der Waals surface area contributed by atoms with E-state index in [9.17, 15) is 0 Å². The van der Waals surface area contributed by atoms with Crippen LogP contribution in [-0.2, 0) is 7.05 Å². The van der Waals surface area contributed by atoms with Crippen LogP contribution in [0, 0.1) is 6.92 Å². The van der Waals surface area contributed by atoms with E-state index in [0.29, 0.717) is 11.8 Å². The molecule has 0 atom stereocenters. The summed E-state index contributed by atoms with van der Waals surface area (Å²) in [6.45, 7) is 2.37. The van der Waals surface area contributed by atoms with Crippen molar-refractivity contribution in [1.29, 1.82) is 0 Å². The van der Waals surface area contributed by atoms with E-state index in [2.05, 4.69) is 89.8 Å². The van der Waals surface area contributed by atoms with Crippen LogP contribution in [0.4, 0.5) is 0 Å². The minimum atomic E-state index is 0.615. The van der Waals surface area contributed by atoms with E-state index in [4.69, 9.17) is 0 Å². The van der Waals surface area contributed by atoms with E-state index in [1.807, 2.05) is 0 Å². The lowest BCUT2D eigenvalue weighted by atomic mass is 9.85. The van der Waals surface area contributed by atoms with Gasteiger partial charge >= 0.3 is 0 Å². The fraction of sp³-hybridized carbons (Fsp3) is 0.324. The van der Waals surface area contributed by atoms with Gasteiger partial charge in [-0.2, -0.15) is 0 Å². The molecule has 0 radical (unpaired) electrons. The van der Waals surface area contributed by atoms with Crippen molar-refractivity contribution >= 4 is 59.8 Å². The predicted octanol–water partition coefficient (Wildman–Crippen LogP) is 9.59. The summed E-state index contributed by atoms with van der Waals surface area (Å²) >= 11 is 0. The number of pyridine rings is 2. The fourth-order valence-corrected chi connectivity index (χ4v) is 8.90. The van der Waals surface area contributed by atoms with Crippen molar-refractivity contribution in [1.82, 2.24) is 4.40 Å². The lowest BCUT2D eigenvalue weighted by Gasteiger charge is -2.22. The molecule has 0 amide bonds. The van der Waals surface area contributed by atoms with Crippen LogP contribution < -0.4 is 4.57 Å². The molecule has 2 aliphatic rings. The lowest BCUT2D eigenvalue weighted by molar-refractivity contribution is -0.643. The Morgan fingerprint density at radius 3 is 2.13 bits per heavy atom. The van der Waals surface area contributed by atoms with Gasteiger partial charge in [-0.15, -0.1) is 0 Å². The van der Waals surface area contributed by atoms with Crippen molar-refractivity contribution in [3.8, 4) is 0 Å². The highest BCUT2D eigenvalue weighted by Crippen LogP contribution is 2.50. The normalized spacial score (nSPS) is 17.5. The fourth-order valence-electron chi connectivity index (χ4n) is 8.90. The zero-order valence-electron chi connectivity index (χ0n) is 23.1. The number of hydrogen-bond donors (Lipinski definition) is 0. The van der Waals surface area contributed by atoms with Crippen LogP contribution in [0.25, 0.3) is 59.8 Å². The molecule has 2 nitrogen and oxygen atoms in total. The standard InChI is InChI=1S/C37H35N2/c1-22-26-15-7-8-16-27(26)32(24-13-5-6-14-24)36-31(22)35-33-25(19-20-38(35)2)21-29(23-11-3-4-12-23)34-28-17-9-10-18-30(28)39(36)37(33)34/h7-10,15-21,23-24H,3-6,11-14H2,1-2H3/q+1. The quantitative estimate of drug-likeness (QED) is 0.125. The Hall–Kier alpha value is -3.65. The van der Waals surface area contributed by atoms with Gasteiger partial charge in [0.15, 0.2) is 6.20 Å². The largest absolute Gasteiger partial charge is 0.307 e. The second kappa shape index (κ2) is 7.94. The summed E-state index contributed by atoms with van der Waals surface area (Å²) in [5, 5.41) is 10.1. The first-order chi connectivity index (χ1) is 19.2. The molecule has 0 N–H and O–H groups in total. The lowest BCUT2D eigenvalue weighted by Crippen LogP contribution is -2.29. The number of rotatable bonds is 2. The van der Waals surface area contributed by atoms with Crippen molar-refractivity contribution in [2.24, 2.45) is 7.05 Å². The van der Waals surface area contributed by atoms with Crippen LogP contribution in [0.3, 0.4) is 0 Å². The maximum absolute atomic E-state index is 2.74. The molecule has 0 unspecified atom stereocenters. The Morgan fingerprint density at radius 2 is 1.36 bits per heavy atom. The molecule has 7 aromatic rings. The molecule has 192 valence electrons. The number of hydrogen-bond acceptors (Lipinski definition) is 0. The van der Waals surface area contributed by atoms with Gasteiger partial charge in [0.1, 0.15) is 7.05 Å². The molecule has 0 bridgehead atoms. The number of para-hydroxylation sites is 1. The van der Waals surface area contributed by atoms with Gasteiger partial charge in [0.25, 0.3) is 0 Å². The number of nitrogens with zero attached hydrogens (tertiary/aromatic N) is 2. The summed E-state index contributed by atoms with van der Waals surface area (Å²) in [6.07, 6.45) is 13.0. The number of aromatic nitrogens is 2. The molecule has 2 heteroatoms. The topological polar surface area (TPSA) is 8.29 Å². The summed E-state index contributed by atoms with van der Waals surface area (Å²) < 4.78 is 5.15. The van der Waals surface area contributed by atoms with Gasteiger partial charge in [-0.25, -0.2) is 4.57 Å². The summed E-state index contributed by atoms with van der Waals surface area (Å²) in [5.41, 5.74) is 10.3. The average Bonchev–Trinajstić information content (AvgIpc) is 3.75. The van der Waals surface area contributed by atoms with Crippen molar-refractivity contribution in [3.05, 3.63) is 83.6 Å². The third-order valence-corrected chi connectivity index (χ3v) is 10.6. The molecule has 0 aliphatic heterocycles. The highest BCUT2D eigenvalue weighted by molar-refractivity contribution is 6.29. The Labute approximate surface area is 229 Å². The number of benzene rings is 4. The first kappa shape index (κ1) is 22.2. The Kier molecular flexibility index (Phi) is 4.52. The highest BCUT2D eigenvalue weighted by atomic mass is 15.0. The Morgan fingerprint density at radius 1 is 0.692 bits per heavy atom. The van der Waals surface area contributed by atoms with Gasteiger partial charge in [0, 0.05) is 16.8 Å². The van der Waals surface area contributed by atoms with Crippen molar-refractivity contribution in [3.63, 3.8) is 0 Å². The average molecular weight is 508 g/mol. The molecule has 4 aromatic carbocycles. The summed E-state index contributed by atoms with van der Waals surface area (Å²) in [5.74, 6) is 1.28. The molecule has 2 fully saturated rings. The predicted molar refractivity (Wildman–Crippen MR) is 164 cm³/mol. The van der Waals surface area contributed by atoms with E-state index in [-0.39, 0.29) is 0 Å². The van der Waals surface area contributed by atoms with E-state index < -0.39 is 0 Å². The molecular formula is C37H35N2+. The molecule has 0 spiro atoms. The molecule has 39 heavy (non-hydrogen) atoms. The van der Waals surface area contributed by atoms with E-state index in [0.717, 1.165) is 0 Å². The first-order valence-corrected chi connectivity index (χ1v) is 15.2. The van der Waals surface area contributed by atoms with Gasteiger partial charge in [-0.1, -0.05) is 68.1 Å². The molecule has 2 aliphatic carbocycles. The zero-order chi connectivity index (χ0) is 25.8. The third kappa shape index (κ3) is 2.80. The molecule has 0 saturated heterocycles. The zero-order valence-corrected chi connectivity index (χ0v) is 23.1. The first-order valence-electron chi connectivity index (χ1n) is 15.2. The summed E-state index contributed by atoms with van der Waals surface area (Å²) in [7, 11) is 2.26. The second-order valence-corrected chi connectivity index (χ2v) is 12.6. The smallest absolute Gasteiger partial charge is 0.224 e. The SMILES string of the molecule is Cc1c2ccccc2c(C2CCCC2)c2c1c1c3c(cc[n+]1C)cc(C1CCCC1)c1c4ccccc4n2c13. The molecule has 2 saturated carbocycles. The van der Waals surface area contributed by atoms with Crippen molar-refractivity contribution < 1.29 is 4.57 Å². The van der Waals surface area contributed by atoms with Crippen LogP contribution in [-0.4, -0.2) is 4.40 Å². The van der Waals surface area contributed by atoms with Gasteiger partial charge in [-0.05, 0) is 89.4 Å². The van der Waals surface area contributed by atoms with Gasteiger partial charge in [0.2, 0.25) is 5.52 Å². The minimum Gasteiger partial charge on any atom is -0.307 e. The second-order valence-electron chi connectivity index (χ2n) is 12.6. The maximum atomic E-state index is 2.74. The highest BCUT2D eigenvalue weighted by Gasteiger charge is 2.32. The van der Waals surface area contributed by atoms with Crippen molar-refractivity contribution in [2.75, 3.05) is 0 Å². The molecule has 9 rings (SSSR count). The van der Waals surface area contributed by atoms with Crippen LogP contribution in [0.2, 0.25) is 0 Å². The number of aryl methyl sites for hydroxylation is 2. The Balaban J connectivity index is 1.66. The van der Waals surface area contributed by atoms with E-state index in [1.54, 1.807) is 11.1 Å². The van der Waals surface area contributed by atoms with Gasteiger partial charge in [-0.3, -0.25) is 0 Å². The van der Waals surface area contributed by atoms with Crippen LogP contribution >= 0.6 is 0 Å². The summed E-state index contributed by atoms with van der Waals surface area (Å²) in [6, 6.07) is 23.5. The van der Waals surface area contributed by atoms with Gasteiger partial charge in [0.05, 0.1) is 27.3 Å². The van der Waals surface area contributed by atoms with E-state index >= 15 is 0 Å². The Bertz CT molecular complexity index is 2100. The van der Waals surface area contributed by atoms with Crippen molar-refractivity contribution in [2.45, 2.75) is 70.1 Å². The van der Waals surface area contributed by atoms with Crippen LogP contribution in [0.15, 0.2) is 66.9 Å². The minimum absolute atomic E-state index is 0.615. The maximum Gasteiger partial charge on any atom is 0.224 e. The van der Waals surface area contributed by atoms with E-state index in [1.165, 1.54) is 117 Å². The summed E-state index contributed by atoms with van der Waals surface area (Å²) in [4.78, 5) is 0.